The molecule has 0 aliphatic rings. The molecule has 2 N–H and O–H groups in total. The summed E-state index contributed by atoms with van der Waals surface area (Å²) >= 11 is -0.927. The molecule has 0 fully saturated rings. The van der Waals surface area contributed by atoms with Crippen molar-refractivity contribution in [3.63, 3.8) is 0 Å². The maximum absolute atomic E-state index is 12.0. The minimum absolute atomic E-state index is 0.0469. The van der Waals surface area contributed by atoms with Crippen molar-refractivity contribution >= 4 is 19.0 Å². The molecular formula is C20H43O5PS. The van der Waals surface area contributed by atoms with Crippen LogP contribution in [0.1, 0.15) is 104 Å². The molecule has 0 aliphatic heterocycles. The molecule has 0 saturated heterocycles. The summed E-state index contributed by atoms with van der Waals surface area (Å²) < 4.78 is 27.0. The number of unbranched alkanes of at least 4 members (excludes halogenated alkanes) is 13. The standard InChI is InChI=1S/C20H43O5PS/c1-3-4-5-6-7-8-9-10-11-12-13-14-15-16-17-27(24)19-20(2)18-25-26(21,22)23/h20H,3-19H2,1-2H3,(H2,21,22,23). The van der Waals surface area contributed by atoms with Gasteiger partial charge in [-0.2, -0.15) is 0 Å². The molecule has 0 bridgehead atoms. The highest BCUT2D eigenvalue weighted by molar-refractivity contribution is 7.91. The van der Waals surface area contributed by atoms with Crippen LogP contribution in [0.2, 0.25) is 0 Å². The van der Waals surface area contributed by atoms with Crippen LogP contribution in [-0.4, -0.2) is 32.5 Å². The first kappa shape index (κ1) is 27.4. The molecule has 7 heteroatoms. The summed E-state index contributed by atoms with van der Waals surface area (Å²) in [6, 6.07) is 0. The van der Waals surface area contributed by atoms with E-state index in [2.05, 4.69) is 11.4 Å². The van der Waals surface area contributed by atoms with Crippen LogP contribution in [-0.2, 0) is 20.3 Å². The zero-order chi connectivity index (χ0) is 20.4. The van der Waals surface area contributed by atoms with Gasteiger partial charge in [0.1, 0.15) is 11.5 Å². The second-order valence-electron chi connectivity index (χ2n) is 7.80. The Morgan fingerprint density at radius 3 is 1.67 bits per heavy atom. The number of rotatable bonds is 20. The lowest BCUT2D eigenvalue weighted by atomic mass is 10.0. The van der Waals surface area contributed by atoms with Crippen molar-refractivity contribution in [1.29, 1.82) is 0 Å². The number of phosphoric ester groups is 1. The fraction of sp³-hybridized carbons (Fsp3) is 1.00. The van der Waals surface area contributed by atoms with Gasteiger partial charge in [-0.1, -0.05) is 102 Å². The molecule has 0 aliphatic carbocycles. The summed E-state index contributed by atoms with van der Waals surface area (Å²) in [7, 11) is -4.41. The highest BCUT2D eigenvalue weighted by atomic mass is 32.2. The van der Waals surface area contributed by atoms with Gasteiger partial charge in [0.2, 0.25) is 0 Å². The van der Waals surface area contributed by atoms with Gasteiger partial charge < -0.3 is 14.3 Å². The quantitative estimate of drug-likeness (QED) is 0.142. The van der Waals surface area contributed by atoms with Gasteiger partial charge in [-0.25, -0.2) is 4.57 Å². The molecular weight excluding hydrogens is 383 g/mol. The predicted octanol–water partition coefficient (Wildman–Crippen LogP) is 5.96. The maximum Gasteiger partial charge on any atom is 0.469 e. The molecule has 164 valence electrons. The number of hydrogen-bond donors (Lipinski definition) is 2. The molecule has 0 spiro atoms. The van der Waals surface area contributed by atoms with E-state index in [1.807, 2.05) is 0 Å². The molecule has 0 radical (unpaired) electrons. The minimum atomic E-state index is -4.41. The zero-order valence-corrected chi connectivity index (χ0v) is 19.3. The zero-order valence-electron chi connectivity index (χ0n) is 17.6. The SMILES string of the molecule is CCCCCCCCCCCCCCCC[S+]([O-])CC(C)COP(=O)(O)O. The second-order valence-corrected chi connectivity index (χ2v) is 10.7. The third kappa shape index (κ3) is 22.6. The molecule has 5 nitrogen and oxygen atoms in total. The summed E-state index contributed by atoms with van der Waals surface area (Å²) in [4.78, 5) is 17.3. The monoisotopic (exact) mass is 426 g/mol. The van der Waals surface area contributed by atoms with E-state index in [0.29, 0.717) is 11.5 Å². The lowest BCUT2D eigenvalue weighted by Gasteiger charge is -2.16. The van der Waals surface area contributed by atoms with Crippen LogP contribution in [0.3, 0.4) is 0 Å². The minimum Gasteiger partial charge on any atom is -0.616 e. The van der Waals surface area contributed by atoms with Crippen molar-refractivity contribution in [3.8, 4) is 0 Å². The summed E-state index contributed by atoms with van der Waals surface area (Å²) in [6.07, 6.45) is 18.3. The van der Waals surface area contributed by atoms with Crippen LogP contribution < -0.4 is 0 Å². The molecule has 0 aromatic rings. The smallest absolute Gasteiger partial charge is 0.469 e. The van der Waals surface area contributed by atoms with Crippen molar-refractivity contribution < 1.29 is 23.4 Å². The van der Waals surface area contributed by atoms with Crippen LogP contribution in [0, 0.1) is 5.92 Å². The van der Waals surface area contributed by atoms with E-state index in [4.69, 9.17) is 9.79 Å². The number of hydrogen-bond acceptors (Lipinski definition) is 3. The maximum atomic E-state index is 12.0. The van der Waals surface area contributed by atoms with E-state index >= 15 is 0 Å². The second kappa shape index (κ2) is 18.4. The van der Waals surface area contributed by atoms with Crippen molar-refractivity contribution in [2.45, 2.75) is 104 Å². The van der Waals surface area contributed by atoms with Crippen LogP contribution in [0.4, 0.5) is 0 Å². The lowest BCUT2D eigenvalue weighted by molar-refractivity contribution is 0.178. The molecule has 0 aromatic heterocycles. The molecule has 0 saturated carbocycles. The Kier molecular flexibility index (Phi) is 18.7. The van der Waals surface area contributed by atoms with Crippen LogP contribution in [0.15, 0.2) is 0 Å². The average molecular weight is 427 g/mol. The third-order valence-corrected chi connectivity index (χ3v) is 6.89. The lowest BCUT2D eigenvalue weighted by Crippen LogP contribution is -2.20. The molecule has 27 heavy (non-hydrogen) atoms. The van der Waals surface area contributed by atoms with E-state index in [0.717, 1.165) is 12.8 Å². The van der Waals surface area contributed by atoms with Crippen molar-refractivity contribution in [1.82, 2.24) is 0 Å². The molecule has 2 atom stereocenters. The van der Waals surface area contributed by atoms with Crippen molar-refractivity contribution in [2.75, 3.05) is 18.1 Å². The molecule has 0 amide bonds. The van der Waals surface area contributed by atoms with Gasteiger partial charge in [0.05, 0.1) is 6.61 Å². The summed E-state index contributed by atoms with van der Waals surface area (Å²) in [6.45, 7) is 4.02. The summed E-state index contributed by atoms with van der Waals surface area (Å²) in [5.41, 5.74) is 0. The highest BCUT2D eigenvalue weighted by Crippen LogP contribution is 2.36. The first-order valence-electron chi connectivity index (χ1n) is 10.9. The highest BCUT2D eigenvalue weighted by Gasteiger charge is 2.19. The number of phosphoric acid groups is 1. The van der Waals surface area contributed by atoms with E-state index < -0.39 is 19.0 Å². The van der Waals surface area contributed by atoms with Crippen molar-refractivity contribution in [3.05, 3.63) is 0 Å². The average Bonchev–Trinajstić information content (AvgIpc) is 2.59. The van der Waals surface area contributed by atoms with Gasteiger partial charge in [0.25, 0.3) is 0 Å². The molecule has 0 aromatic carbocycles. The first-order chi connectivity index (χ1) is 12.8. The van der Waals surface area contributed by atoms with Crippen LogP contribution in [0.25, 0.3) is 0 Å². The van der Waals surface area contributed by atoms with Gasteiger partial charge in [-0.3, -0.25) is 4.52 Å². The third-order valence-electron chi connectivity index (χ3n) is 4.72. The van der Waals surface area contributed by atoms with Crippen LogP contribution >= 0.6 is 7.82 Å². The molecule has 2 unspecified atom stereocenters. The first-order valence-corrected chi connectivity index (χ1v) is 13.9. The topological polar surface area (TPSA) is 89.8 Å². The van der Waals surface area contributed by atoms with Crippen LogP contribution in [0.5, 0.6) is 0 Å². The van der Waals surface area contributed by atoms with E-state index in [-0.39, 0.29) is 12.5 Å². The molecule has 0 rings (SSSR count). The Hall–Kier alpha value is 0.420. The van der Waals surface area contributed by atoms with Gasteiger partial charge in [-0.15, -0.1) is 0 Å². The van der Waals surface area contributed by atoms with E-state index in [1.165, 1.54) is 77.0 Å². The molecule has 0 heterocycles. The Morgan fingerprint density at radius 1 is 0.852 bits per heavy atom. The van der Waals surface area contributed by atoms with Gasteiger partial charge in [0.15, 0.2) is 0 Å². The summed E-state index contributed by atoms with van der Waals surface area (Å²) in [5, 5.41) is 0. The van der Waals surface area contributed by atoms with E-state index in [1.54, 1.807) is 6.92 Å². The fourth-order valence-corrected chi connectivity index (χ4v) is 5.00. The Bertz CT molecular complexity index is 364. The predicted molar refractivity (Wildman–Crippen MR) is 115 cm³/mol. The Morgan fingerprint density at radius 2 is 1.26 bits per heavy atom. The Balaban J connectivity index is 3.30. The largest absolute Gasteiger partial charge is 0.616 e. The fourth-order valence-electron chi connectivity index (χ4n) is 3.13. The van der Waals surface area contributed by atoms with Crippen molar-refractivity contribution in [2.24, 2.45) is 5.92 Å². The van der Waals surface area contributed by atoms with Gasteiger partial charge in [-0.05, 0) is 12.8 Å². The van der Waals surface area contributed by atoms with Gasteiger partial charge in [0, 0.05) is 5.92 Å². The Labute approximate surface area is 170 Å². The summed E-state index contributed by atoms with van der Waals surface area (Å²) in [5.74, 6) is 1.02. The van der Waals surface area contributed by atoms with Gasteiger partial charge >= 0.3 is 7.82 Å². The van der Waals surface area contributed by atoms with E-state index in [9.17, 15) is 9.12 Å². The normalized spacial score (nSPS) is 14.4.